The van der Waals surface area contributed by atoms with Crippen LogP contribution in [0.3, 0.4) is 0 Å². The normalized spacial score (nSPS) is 13.9. The molecule has 2 rings (SSSR count). The van der Waals surface area contributed by atoms with Crippen LogP contribution in [0.1, 0.15) is 17.5 Å². The van der Waals surface area contributed by atoms with E-state index in [0.717, 1.165) is 12.3 Å². The Bertz CT molecular complexity index is 676. The number of aliphatic carboxylic acids is 1. The van der Waals surface area contributed by atoms with Gasteiger partial charge in [-0.25, -0.2) is 4.79 Å². The van der Waals surface area contributed by atoms with Gasteiger partial charge in [-0.15, -0.1) is 0 Å². The molecule has 7 heteroatoms. The van der Waals surface area contributed by atoms with Gasteiger partial charge in [-0.1, -0.05) is 12.1 Å². The maximum atomic E-state index is 11.9. The summed E-state index contributed by atoms with van der Waals surface area (Å²) in [5.74, 6) is -1.95. The van der Waals surface area contributed by atoms with Gasteiger partial charge in [0, 0.05) is 5.39 Å². The Balaban J connectivity index is 2.16. The molecule has 0 radical (unpaired) electrons. The molecular formula is C13H12BrNO5. The topological polar surface area (TPSA) is 99.8 Å². The van der Waals surface area contributed by atoms with Crippen molar-refractivity contribution in [1.82, 2.24) is 5.32 Å². The summed E-state index contributed by atoms with van der Waals surface area (Å²) in [4.78, 5) is 22.6. The molecule has 0 aliphatic rings. The summed E-state index contributed by atoms with van der Waals surface area (Å²) >= 11 is 3.31. The number of halogens is 1. The highest BCUT2D eigenvalue weighted by atomic mass is 79.9. The first kappa shape index (κ1) is 14.5. The molecule has 1 atom stereocenters. The van der Waals surface area contributed by atoms with Crippen LogP contribution in [0.5, 0.6) is 0 Å². The number of carbonyl (C=O) groups is 2. The molecule has 0 bridgehead atoms. The van der Waals surface area contributed by atoms with Crippen LogP contribution in [-0.2, 0) is 4.79 Å². The van der Waals surface area contributed by atoms with E-state index in [-0.39, 0.29) is 5.76 Å². The predicted octanol–water partition coefficient (Wildman–Crippen LogP) is 1.76. The number of para-hydroxylation sites is 1. The van der Waals surface area contributed by atoms with E-state index >= 15 is 0 Å². The fourth-order valence-corrected chi connectivity index (χ4v) is 2.02. The minimum absolute atomic E-state index is 0.0492. The Morgan fingerprint density at radius 2 is 2.15 bits per heavy atom. The molecule has 106 valence electrons. The summed E-state index contributed by atoms with van der Waals surface area (Å²) in [5.41, 5.74) is -1.50. The van der Waals surface area contributed by atoms with Gasteiger partial charge in [-0.3, -0.25) is 4.79 Å². The van der Waals surface area contributed by atoms with E-state index in [2.05, 4.69) is 21.2 Å². The summed E-state index contributed by atoms with van der Waals surface area (Å²) in [6, 6.07) is 6.92. The first-order valence-electron chi connectivity index (χ1n) is 5.73. The number of aliphatic hydroxyl groups is 1. The molecule has 2 aromatic rings. The molecule has 1 heterocycles. The van der Waals surface area contributed by atoms with Gasteiger partial charge < -0.3 is 19.9 Å². The second-order valence-corrected chi connectivity index (χ2v) is 5.38. The summed E-state index contributed by atoms with van der Waals surface area (Å²) in [6.07, 6.45) is 0. The molecule has 0 aliphatic heterocycles. The number of furan rings is 1. The first-order valence-corrected chi connectivity index (χ1v) is 6.52. The zero-order valence-corrected chi connectivity index (χ0v) is 12.1. The minimum Gasteiger partial charge on any atom is -0.479 e. The van der Waals surface area contributed by atoms with Crippen LogP contribution >= 0.6 is 15.9 Å². The van der Waals surface area contributed by atoms with E-state index in [9.17, 15) is 14.7 Å². The highest BCUT2D eigenvalue weighted by molar-refractivity contribution is 9.10. The first-order chi connectivity index (χ1) is 9.31. The second kappa shape index (κ2) is 5.26. The number of carboxylic acids is 1. The van der Waals surface area contributed by atoms with Crippen molar-refractivity contribution in [2.75, 3.05) is 6.54 Å². The SMILES string of the molecule is CC(O)(CNC(=O)c1cc2cccc(Br)c2o1)C(=O)O. The fourth-order valence-electron chi connectivity index (χ4n) is 1.55. The number of fused-ring (bicyclic) bond motifs is 1. The fraction of sp³-hybridized carbons (Fsp3) is 0.231. The average Bonchev–Trinajstić information content (AvgIpc) is 2.81. The van der Waals surface area contributed by atoms with Gasteiger partial charge in [0.1, 0.15) is 5.58 Å². The van der Waals surface area contributed by atoms with Crippen LogP contribution in [0.2, 0.25) is 0 Å². The number of carbonyl (C=O) groups excluding carboxylic acids is 1. The van der Waals surface area contributed by atoms with Crippen molar-refractivity contribution < 1.29 is 24.2 Å². The van der Waals surface area contributed by atoms with Gasteiger partial charge in [0.05, 0.1) is 11.0 Å². The Morgan fingerprint density at radius 1 is 1.45 bits per heavy atom. The standard InChI is InChI=1S/C13H12BrNO5/c1-13(19,12(17)18)6-15-11(16)9-5-7-3-2-4-8(14)10(7)20-9/h2-5,19H,6H2,1H3,(H,15,16)(H,17,18). The third kappa shape index (κ3) is 2.83. The van der Waals surface area contributed by atoms with E-state index in [4.69, 9.17) is 9.52 Å². The number of benzene rings is 1. The number of rotatable bonds is 4. The molecule has 0 saturated carbocycles. The minimum atomic E-state index is -2.03. The van der Waals surface area contributed by atoms with Gasteiger partial charge in [0.25, 0.3) is 5.91 Å². The summed E-state index contributed by atoms with van der Waals surface area (Å²) < 4.78 is 6.11. The lowest BCUT2D eigenvalue weighted by Gasteiger charge is -2.17. The Labute approximate surface area is 122 Å². The van der Waals surface area contributed by atoms with E-state index in [1.807, 2.05) is 0 Å². The maximum absolute atomic E-state index is 11.9. The van der Waals surface area contributed by atoms with E-state index < -0.39 is 24.0 Å². The number of nitrogens with one attached hydrogen (secondary N) is 1. The smallest absolute Gasteiger partial charge is 0.337 e. The van der Waals surface area contributed by atoms with Crippen LogP contribution in [0.4, 0.5) is 0 Å². The number of hydrogen-bond donors (Lipinski definition) is 3. The van der Waals surface area contributed by atoms with Gasteiger partial charge in [0.2, 0.25) is 0 Å². The molecule has 0 fully saturated rings. The Morgan fingerprint density at radius 3 is 2.75 bits per heavy atom. The molecule has 1 aromatic carbocycles. The summed E-state index contributed by atoms with van der Waals surface area (Å²) in [5, 5.41) is 21.3. The second-order valence-electron chi connectivity index (χ2n) is 4.53. The molecule has 6 nitrogen and oxygen atoms in total. The van der Waals surface area contributed by atoms with E-state index in [0.29, 0.717) is 10.1 Å². The average molecular weight is 342 g/mol. The molecule has 0 aliphatic carbocycles. The number of carboxylic acid groups (broad SMARTS) is 1. The van der Waals surface area contributed by atoms with Gasteiger partial charge in [-0.2, -0.15) is 0 Å². The summed E-state index contributed by atoms with van der Waals surface area (Å²) in [6.45, 7) is 0.685. The van der Waals surface area contributed by atoms with Crippen molar-refractivity contribution in [3.05, 3.63) is 34.5 Å². The molecular weight excluding hydrogens is 330 g/mol. The number of hydrogen-bond acceptors (Lipinski definition) is 4. The molecule has 0 spiro atoms. The highest BCUT2D eigenvalue weighted by Crippen LogP contribution is 2.26. The quantitative estimate of drug-likeness (QED) is 0.786. The van der Waals surface area contributed by atoms with Crippen molar-refractivity contribution in [3.63, 3.8) is 0 Å². The van der Waals surface area contributed by atoms with Crippen molar-refractivity contribution in [2.24, 2.45) is 0 Å². The van der Waals surface area contributed by atoms with Crippen molar-refractivity contribution >= 4 is 38.8 Å². The molecule has 0 saturated heterocycles. The highest BCUT2D eigenvalue weighted by Gasteiger charge is 2.30. The van der Waals surface area contributed by atoms with Crippen LogP contribution in [0.15, 0.2) is 33.2 Å². The predicted molar refractivity (Wildman–Crippen MR) is 74.5 cm³/mol. The van der Waals surface area contributed by atoms with Crippen molar-refractivity contribution in [2.45, 2.75) is 12.5 Å². The zero-order chi connectivity index (χ0) is 14.9. The maximum Gasteiger partial charge on any atom is 0.337 e. The van der Waals surface area contributed by atoms with Crippen molar-refractivity contribution in [3.8, 4) is 0 Å². The Kier molecular flexibility index (Phi) is 3.82. The largest absolute Gasteiger partial charge is 0.479 e. The van der Waals surface area contributed by atoms with E-state index in [1.54, 1.807) is 24.3 Å². The number of amides is 1. The lowest BCUT2D eigenvalue weighted by Crippen LogP contribution is -2.46. The monoisotopic (exact) mass is 341 g/mol. The lowest BCUT2D eigenvalue weighted by molar-refractivity contribution is -0.155. The van der Waals surface area contributed by atoms with Gasteiger partial charge in [0.15, 0.2) is 11.4 Å². The van der Waals surface area contributed by atoms with Crippen LogP contribution in [-0.4, -0.2) is 34.2 Å². The molecule has 1 aromatic heterocycles. The third-order valence-corrected chi connectivity index (χ3v) is 3.40. The zero-order valence-electron chi connectivity index (χ0n) is 10.5. The third-order valence-electron chi connectivity index (χ3n) is 2.77. The van der Waals surface area contributed by atoms with E-state index in [1.165, 1.54) is 0 Å². The van der Waals surface area contributed by atoms with Crippen LogP contribution in [0, 0.1) is 0 Å². The molecule has 1 amide bonds. The summed E-state index contributed by atoms with van der Waals surface area (Å²) in [7, 11) is 0. The van der Waals surface area contributed by atoms with Gasteiger partial charge >= 0.3 is 5.97 Å². The molecule has 3 N–H and O–H groups in total. The van der Waals surface area contributed by atoms with Crippen LogP contribution < -0.4 is 5.32 Å². The Hall–Kier alpha value is -1.86. The molecule has 1 unspecified atom stereocenters. The van der Waals surface area contributed by atoms with Crippen molar-refractivity contribution in [1.29, 1.82) is 0 Å². The lowest BCUT2D eigenvalue weighted by atomic mass is 10.1. The molecule has 20 heavy (non-hydrogen) atoms. The van der Waals surface area contributed by atoms with Gasteiger partial charge in [-0.05, 0) is 35.0 Å². The van der Waals surface area contributed by atoms with Crippen LogP contribution in [0.25, 0.3) is 11.0 Å².